The second kappa shape index (κ2) is 6.46. The van der Waals surface area contributed by atoms with Gasteiger partial charge in [0.05, 0.1) is 11.0 Å². The van der Waals surface area contributed by atoms with Crippen molar-refractivity contribution >= 4 is 39.1 Å². The van der Waals surface area contributed by atoms with Crippen LogP contribution in [0.1, 0.15) is 11.4 Å². The van der Waals surface area contributed by atoms with Crippen LogP contribution in [0, 0.1) is 0 Å². The third-order valence-electron chi connectivity index (χ3n) is 3.88. The van der Waals surface area contributed by atoms with Crippen molar-refractivity contribution in [3.05, 3.63) is 94.7 Å². The van der Waals surface area contributed by atoms with Crippen molar-refractivity contribution in [3.63, 3.8) is 0 Å². The molecule has 0 spiro atoms. The second-order valence-electron chi connectivity index (χ2n) is 5.52. The van der Waals surface area contributed by atoms with Gasteiger partial charge in [0.2, 0.25) is 0 Å². The fraction of sp³-hybridized carbons (Fsp3) is 0. The number of nitrogens with zero attached hydrogens (tertiary/aromatic N) is 2. The molecule has 4 aromatic rings. The van der Waals surface area contributed by atoms with Gasteiger partial charge in [-0.25, -0.2) is 4.98 Å². The number of hydrogen-bond donors (Lipinski definition) is 0. The van der Waals surface area contributed by atoms with Crippen molar-refractivity contribution < 1.29 is 0 Å². The molecule has 0 N–H and O–H groups in total. The van der Waals surface area contributed by atoms with Crippen LogP contribution >= 0.6 is 15.9 Å². The molecule has 0 aliphatic heterocycles. The van der Waals surface area contributed by atoms with Crippen molar-refractivity contribution in [1.82, 2.24) is 9.55 Å². The highest BCUT2D eigenvalue weighted by molar-refractivity contribution is 9.10. The maximum atomic E-state index is 4.81. The molecule has 2 nitrogen and oxygen atoms in total. The van der Waals surface area contributed by atoms with Crippen molar-refractivity contribution in [2.24, 2.45) is 0 Å². The molecule has 24 heavy (non-hydrogen) atoms. The van der Waals surface area contributed by atoms with Crippen LogP contribution in [-0.4, -0.2) is 9.55 Å². The van der Waals surface area contributed by atoms with E-state index in [0.29, 0.717) is 0 Å². The van der Waals surface area contributed by atoms with E-state index in [2.05, 4.69) is 69.0 Å². The number of imidazole rings is 1. The largest absolute Gasteiger partial charge is 0.293 e. The van der Waals surface area contributed by atoms with Gasteiger partial charge in [-0.1, -0.05) is 70.5 Å². The average Bonchev–Trinajstić information content (AvgIpc) is 2.99. The van der Waals surface area contributed by atoms with Gasteiger partial charge >= 0.3 is 0 Å². The second-order valence-corrected chi connectivity index (χ2v) is 6.43. The molecule has 0 aliphatic carbocycles. The predicted molar refractivity (Wildman–Crippen MR) is 104 cm³/mol. The zero-order chi connectivity index (χ0) is 16.4. The standard InChI is InChI=1S/C21H15BrN2/c22-17-12-13-20-19(15-17)23-21(14-11-16-7-3-1-4-8-16)24(20)18-9-5-2-6-10-18/h1-15H. The predicted octanol–water partition coefficient (Wildman–Crippen LogP) is 5.96. The zero-order valence-corrected chi connectivity index (χ0v) is 14.5. The minimum atomic E-state index is 0.915. The van der Waals surface area contributed by atoms with Crippen molar-refractivity contribution in [3.8, 4) is 5.69 Å². The first-order chi connectivity index (χ1) is 11.8. The van der Waals surface area contributed by atoms with Gasteiger partial charge < -0.3 is 0 Å². The van der Waals surface area contributed by atoms with Crippen LogP contribution in [0.25, 0.3) is 28.9 Å². The van der Waals surface area contributed by atoms with Crippen molar-refractivity contribution in [2.45, 2.75) is 0 Å². The number of hydrogen-bond acceptors (Lipinski definition) is 1. The first kappa shape index (κ1) is 14.9. The fourth-order valence-corrected chi connectivity index (χ4v) is 3.12. The van der Waals surface area contributed by atoms with Crippen molar-refractivity contribution in [1.29, 1.82) is 0 Å². The number of fused-ring (bicyclic) bond motifs is 1. The van der Waals surface area contributed by atoms with Crippen LogP contribution in [0.3, 0.4) is 0 Å². The number of aromatic nitrogens is 2. The maximum absolute atomic E-state index is 4.81. The summed E-state index contributed by atoms with van der Waals surface area (Å²) >= 11 is 3.53. The molecule has 3 aromatic carbocycles. The Morgan fingerprint density at radius 2 is 1.50 bits per heavy atom. The topological polar surface area (TPSA) is 17.8 Å². The molecule has 1 heterocycles. The van der Waals surface area contributed by atoms with Gasteiger partial charge in [-0.05, 0) is 42.0 Å². The van der Waals surface area contributed by atoms with E-state index >= 15 is 0 Å². The molecule has 0 atom stereocenters. The first-order valence-corrected chi connectivity index (χ1v) is 8.57. The highest BCUT2D eigenvalue weighted by Crippen LogP contribution is 2.25. The summed E-state index contributed by atoms with van der Waals surface area (Å²) in [6.07, 6.45) is 4.16. The van der Waals surface area contributed by atoms with E-state index in [1.54, 1.807) is 0 Å². The smallest absolute Gasteiger partial charge is 0.138 e. The Bertz CT molecular complexity index is 1000. The quantitative estimate of drug-likeness (QED) is 0.432. The summed E-state index contributed by atoms with van der Waals surface area (Å²) in [5.41, 5.74) is 4.33. The highest BCUT2D eigenvalue weighted by atomic mass is 79.9. The Morgan fingerprint density at radius 3 is 2.25 bits per heavy atom. The van der Waals surface area contributed by atoms with Gasteiger partial charge in [0.25, 0.3) is 0 Å². The molecule has 0 radical (unpaired) electrons. The average molecular weight is 375 g/mol. The summed E-state index contributed by atoms with van der Waals surface area (Å²) in [7, 11) is 0. The van der Waals surface area contributed by atoms with E-state index in [9.17, 15) is 0 Å². The third-order valence-corrected chi connectivity index (χ3v) is 4.37. The van der Waals surface area contributed by atoms with Crippen LogP contribution in [0.2, 0.25) is 0 Å². The molecule has 0 fully saturated rings. The van der Waals surface area contributed by atoms with Crippen LogP contribution in [0.4, 0.5) is 0 Å². The Morgan fingerprint density at radius 1 is 0.792 bits per heavy atom. The summed E-state index contributed by atoms with van der Waals surface area (Å²) in [6, 6.07) is 26.8. The fourth-order valence-electron chi connectivity index (χ4n) is 2.77. The van der Waals surface area contributed by atoms with Gasteiger partial charge in [0.1, 0.15) is 5.82 Å². The van der Waals surface area contributed by atoms with Gasteiger partial charge in [0.15, 0.2) is 0 Å². The number of benzene rings is 3. The summed E-state index contributed by atoms with van der Waals surface area (Å²) in [5.74, 6) is 0.915. The highest BCUT2D eigenvalue weighted by Gasteiger charge is 2.10. The minimum Gasteiger partial charge on any atom is -0.293 e. The Labute approximate surface area is 149 Å². The molecule has 3 heteroatoms. The van der Waals surface area contributed by atoms with Crippen LogP contribution in [0.5, 0.6) is 0 Å². The SMILES string of the molecule is Brc1ccc2c(c1)nc(C=Cc1ccccc1)n2-c1ccccc1. The van der Waals surface area contributed by atoms with E-state index < -0.39 is 0 Å². The van der Waals surface area contributed by atoms with Gasteiger partial charge in [-0.15, -0.1) is 0 Å². The number of halogens is 1. The third kappa shape index (κ3) is 2.91. The van der Waals surface area contributed by atoms with E-state index in [1.165, 1.54) is 0 Å². The Hall–Kier alpha value is -2.65. The summed E-state index contributed by atoms with van der Waals surface area (Å²) in [6.45, 7) is 0. The normalized spacial score (nSPS) is 11.4. The van der Waals surface area contributed by atoms with E-state index in [0.717, 1.165) is 32.6 Å². The van der Waals surface area contributed by atoms with Crippen LogP contribution in [-0.2, 0) is 0 Å². The monoisotopic (exact) mass is 374 g/mol. The maximum Gasteiger partial charge on any atom is 0.138 e. The van der Waals surface area contributed by atoms with Gasteiger partial charge in [-0.2, -0.15) is 0 Å². The van der Waals surface area contributed by atoms with Crippen LogP contribution in [0.15, 0.2) is 83.3 Å². The molecule has 0 saturated carbocycles. The molecule has 0 aliphatic rings. The van der Waals surface area contributed by atoms with E-state index in [1.807, 2.05) is 42.5 Å². The summed E-state index contributed by atoms with van der Waals surface area (Å²) in [5, 5.41) is 0. The lowest BCUT2D eigenvalue weighted by molar-refractivity contribution is 1.07. The molecule has 1 aromatic heterocycles. The number of para-hydroxylation sites is 1. The molecule has 4 rings (SSSR count). The minimum absolute atomic E-state index is 0.915. The molecular weight excluding hydrogens is 360 g/mol. The van der Waals surface area contributed by atoms with E-state index in [-0.39, 0.29) is 0 Å². The lowest BCUT2D eigenvalue weighted by Crippen LogP contribution is -1.96. The molecule has 0 unspecified atom stereocenters. The first-order valence-electron chi connectivity index (χ1n) is 7.78. The lowest BCUT2D eigenvalue weighted by atomic mass is 10.2. The molecule has 0 saturated heterocycles. The number of rotatable bonds is 3. The lowest BCUT2D eigenvalue weighted by Gasteiger charge is -2.07. The Kier molecular flexibility index (Phi) is 4.01. The van der Waals surface area contributed by atoms with Gasteiger partial charge in [0, 0.05) is 10.2 Å². The van der Waals surface area contributed by atoms with Crippen molar-refractivity contribution in [2.75, 3.05) is 0 Å². The van der Waals surface area contributed by atoms with Crippen LogP contribution < -0.4 is 0 Å². The molecule has 0 bridgehead atoms. The van der Waals surface area contributed by atoms with Gasteiger partial charge in [-0.3, -0.25) is 4.57 Å². The Balaban J connectivity index is 1.89. The molecular formula is C21H15BrN2. The molecule has 116 valence electrons. The summed E-state index contributed by atoms with van der Waals surface area (Å²) < 4.78 is 3.22. The summed E-state index contributed by atoms with van der Waals surface area (Å²) in [4.78, 5) is 4.81. The molecule has 0 amide bonds. The zero-order valence-electron chi connectivity index (χ0n) is 12.9. The van der Waals surface area contributed by atoms with E-state index in [4.69, 9.17) is 4.98 Å².